The van der Waals surface area contributed by atoms with Gasteiger partial charge in [-0.25, -0.2) is 4.68 Å². The van der Waals surface area contributed by atoms with E-state index in [1.165, 1.54) is 6.07 Å². The van der Waals surface area contributed by atoms with Crippen LogP contribution in [0.4, 0.5) is 5.69 Å². The molecule has 7 heteroatoms. The Morgan fingerprint density at radius 2 is 1.87 bits per heavy atom. The lowest BCUT2D eigenvalue weighted by molar-refractivity contribution is -0.117. The summed E-state index contributed by atoms with van der Waals surface area (Å²) in [5.41, 5.74) is 2.65. The van der Waals surface area contributed by atoms with Gasteiger partial charge in [0.2, 0.25) is 5.91 Å². The van der Waals surface area contributed by atoms with E-state index in [0.29, 0.717) is 27.9 Å². The molecule has 0 unspecified atom stereocenters. The summed E-state index contributed by atoms with van der Waals surface area (Å²) >= 11 is 6.24. The zero-order valence-corrected chi connectivity index (χ0v) is 18.1. The number of anilines is 1. The van der Waals surface area contributed by atoms with Crippen LogP contribution in [0.25, 0.3) is 22.2 Å². The lowest BCUT2D eigenvalue weighted by atomic mass is 10.1. The standard InChI is InChI=1S/C24H23ClN4O2/c1-16(2)14-28-13-12-18-20(8-5-9-22(18)28)26-23(30)15-29-24(31)11-10-21(27-29)17-6-3-4-7-19(17)25/h3-13,16H,14-15H2,1-2H3,(H,26,30). The number of nitrogens with zero attached hydrogens (tertiary/aromatic N) is 3. The van der Waals surface area contributed by atoms with Gasteiger partial charge < -0.3 is 9.88 Å². The molecule has 2 heterocycles. The van der Waals surface area contributed by atoms with Crippen molar-refractivity contribution < 1.29 is 4.79 Å². The van der Waals surface area contributed by atoms with Crippen LogP contribution in [0.2, 0.25) is 5.02 Å². The van der Waals surface area contributed by atoms with E-state index in [9.17, 15) is 9.59 Å². The molecule has 0 radical (unpaired) electrons. The van der Waals surface area contributed by atoms with Gasteiger partial charge >= 0.3 is 0 Å². The number of nitrogens with one attached hydrogen (secondary N) is 1. The maximum atomic E-state index is 12.7. The molecule has 0 bridgehead atoms. The average Bonchev–Trinajstić information content (AvgIpc) is 3.13. The summed E-state index contributed by atoms with van der Waals surface area (Å²) in [7, 11) is 0. The number of benzene rings is 2. The van der Waals surface area contributed by atoms with Gasteiger partial charge in [0.1, 0.15) is 6.54 Å². The maximum Gasteiger partial charge on any atom is 0.267 e. The molecule has 0 saturated heterocycles. The molecule has 158 valence electrons. The van der Waals surface area contributed by atoms with E-state index in [1.807, 2.05) is 48.7 Å². The second-order valence-electron chi connectivity index (χ2n) is 7.84. The molecule has 2 aromatic carbocycles. The summed E-state index contributed by atoms with van der Waals surface area (Å²) in [4.78, 5) is 25.0. The molecule has 1 amide bonds. The minimum atomic E-state index is -0.354. The molecule has 4 rings (SSSR count). The summed E-state index contributed by atoms with van der Waals surface area (Å²) in [5.74, 6) is 0.187. The van der Waals surface area contributed by atoms with Gasteiger partial charge in [-0.2, -0.15) is 5.10 Å². The number of rotatable bonds is 6. The molecule has 4 aromatic rings. The first-order chi connectivity index (χ1) is 14.9. The zero-order valence-electron chi connectivity index (χ0n) is 17.4. The predicted octanol–water partition coefficient (Wildman–Crippen LogP) is 4.81. The maximum absolute atomic E-state index is 12.7. The number of hydrogen-bond donors (Lipinski definition) is 1. The minimum absolute atomic E-state index is 0.194. The number of fused-ring (bicyclic) bond motifs is 1. The van der Waals surface area contributed by atoms with E-state index < -0.39 is 0 Å². The first kappa shape index (κ1) is 20.9. The Hall–Kier alpha value is -3.38. The summed E-state index contributed by atoms with van der Waals surface area (Å²) in [6.45, 7) is 5.03. The van der Waals surface area contributed by atoms with Crippen molar-refractivity contribution in [1.82, 2.24) is 14.3 Å². The fourth-order valence-electron chi connectivity index (χ4n) is 3.59. The van der Waals surface area contributed by atoms with E-state index in [-0.39, 0.29) is 18.0 Å². The molecule has 0 fully saturated rings. The van der Waals surface area contributed by atoms with E-state index in [1.54, 1.807) is 12.1 Å². The molecule has 1 N–H and O–H groups in total. The number of halogens is 1. The molecule has 0 aliphatic heterocycles. The molecular formula is C24H23ClN4O2. The number of amides is 1. The van der Waals surface area contributed by atoms with Crippen LogP contribution < -0.4 is 10.9 Å². The van der Waals surface area contributed by atoms with Crippen molar-refractivity contribution in [2.24, 2.45) is 5.92 Å². The lowest BCUT2D eigenvalue weighted by Gasteiger charge is -2.11. The van der Waals surface area contributed by atoms with E-state index >= 15 is 0 Å². The third kappa shape index (κ3) is 4.54. The van der Waals surface area contributed by atoms with Gasteiger partial charge in [0, 0.05) is 29.8 Å². The Bertz CT molecular complexity index is 1310. The summed E-state index contributed by atoms with van der Waals surface area (Å²) in [6, 6.07) is 18.0. The molecule has 0 aliphatic rings. The van der Waals surface area contributed by atoms with Gasteiger partial charge in [0.05, 0.1) is 21.9 Å². The van der Waals surface area contributed by atoms with Crippen LogP contribution >= 0.6 is 11.6 Å². The van der Waals surface area contributed by atoms with E-state index in [4.69, 9.17) is 11.6 Å². The fourth-order valence-corrected chi connectivity index (χ4v) is 3.82. The van der Waals surface area contributed by atoms with Crippen LogP contribution in [-0.2, 0) is 17.9 Å². The van der Waals surface area contributed by atoms with Crippen LogP contribution in [0.1, 0.15) is 13.8 Å². The van der Waals surface area contributed by atoms with Crippen LogP contribution in [0.5, 0.6) is 0 Å². The highest BCUT2D eigenvalue weighted by Gasteiger charge is 2.12. The molecule has 0 spiro atoms. The molecule has 0 aliphatic carbocycles. The van der Waals surface area contributed by atoms with Crippen molar-refractivity contribution in [1.29, 1.82) is 0 Å². The van der Waals surface area contributed by atoms with Crippen molar-refractivity contribution in [2.45, 2.75) is 26.9 Å². The van der Waals surface area contributed by atoms with Crippen molar-refractivity contribution in [3.8, 4) is 11.3 Å². The average molecular weight is 435 g/mol. The number of carbonyl (C=O) groups is 1. The van der Waals surface area contributed by atoms with Crippen molar-refractivity contribution in [3.05, 3.63) is 82.2 Å². The van der Waals surface area contributed by atoms with Crippen LogP contribution in [0, 0.1) is 5.92 Å². The van der Waals surface area contributed by atoms with Crippen LogP contribution in [0.15, 0.2) is 71.7 Å². The number of aromatic nitrogens is 3. The molecule has 31 heavy (non-hydrogen) atoms. The normalized spacial score (nSPS) is 11.2. The summed E-state index contributed by atoms with van der Waals surface area (Å²) < 4.78 is 3.33. The van der Waals surface area contributed by atoms with E-state index in [0.717, 1.165) is 22.1 Å². The monoisotopic (exact) mass is 434 g/mol. The highest BCUT2D eigenvalue weighted by Crippen LogP contribution is 2.26. The van der Waals surface area contributed by atoms with Gasteiger partial charge in [0.15, 0.2) is 0 Å². The van der Waals surface area contributed by atoms with Crippen LogP contribution in [0.3, 0.4) is 0 Å². The second kappa shape index (κ2) is 8.78. The number of carbonyl (C=O) groups excluding carboxylic acids is 1. The SMILES string of the molecule is CC(C)Cn1ccc2c(NC(=O)Cn3nc(-c4ccccc4Cl)ccc3=O)cccc21. The first-order valence-corrected chi connectivity index (χ1v) is 10.5. The Morgan fingerprint density at radius 3 is 2.65 bits per heavy atom. The molecule has 0 atom stereocenters. The van der Waals surface area contributed by atoms with Gasteiger partial charge in [-0.3, -0.25) is 9.59 Å². The third-order valence-corrected chi connectivity index (χ3v) is 5.29. The smallest absolute Gasteiger partial charge is 0.267 e. The summed E-state index contributed by atoms with van der Waals surface area (Å²) in [6.07, 6.45) is 2.03. The van der Waals surface area contributed by atoms with Crippen molar-refractivity contribution in [2.75, 3.05) is 5.32 Å². The minimum Gasteiger partial charge on any atom is -0.347 e. The zero-order chi connectivity index (χ0) is 22.0. The Morgan fingerprint density at radius 1 is 1.06 bits per heavy atom. The topological polar surface area (TPSA) is 68.9 Å². The molecule has 0 saturated carbocycles. The molecule has 2 aromatic heterocycles. The Balaban J connectivity index is 1.57. The lowest BCUT2D eigenvalue weighted by Crippen LogP contribution is -2.29. The van der Waals surface area contributed by atoms with Gasteiger partial charge in [-0.15, -0.1) is 0 Å². The van der Waals surface area contributed by atoms with Crippen molar-refractivity contribution >= 4 is 34.1 Å². The predicted molar refractivity (Wildman–Crippen MR) is 124 cm³/mol. The molecule has 6 nitrogen and oxygen atoms in total. The molecular weight excluding hydrogens is 412 g/mol. The highest BCUT2D eigenvalue weighted by molar-refractivity contribution is 6.33. The second-order valence-corrected chi connectivity index (χ2v) is 8.25. The first-order valence-electron chi connectivity index (χ1n) is 10.1. The van der Waals surface area contributed by atoms with Gasteiger partial charge in [0.25, 0.3) is 5.56 Å². The van der Waals surface area contributed by atoms with E-state index in [2.05, 4.69) is 28.8 Å². The number of hydrogen-bond acceptors (Lipinski definition) is 3. The van der Waals surface area contributed by atoms with Gasteiger partial charge in [-0.05, 0) is 36.2 Å². The van der Waals surface area contributed by atoms with Crippen LogP contribution in [-0.4, -0.2) is 20.3 Å². The van der Waals surface area contributed by atoms with Crippen molar-refractivity contribution in [3.63, 3.8) is 0 Å². The Kier molecular flexibility index (Phi) is 5.91. The Labute approximate surface area is 185 Å². The highest BCUT2D eigenvalue weighted by atomic mass is 35.5. The van der Waals surface area contributed by atoms with Gasteiger partial charge in [-0.1, -0.05) is 49.7 Å². The largest absolute Gasteiger partial charge is 0.347 e. The summed E-state index contributed by atoms with van der Waals surface area (Å²) in [5, 5.41) is 8.75. The fraction of sp³-hybridized carbons (Fsp3) is 0.208. The quantitative estimate of drug-likeness (QED) is 0.473. The third-order valence-electron chi connectivity index (χ3n) is 4.96.